The highest BCUT2D eigenvalue weighted by molar-refractivity contribution is 6.31. The highest BCUT2D eigenvalue weighted by Gasteiger charge is 2.37. The van der Waals surface area contributed by atoms with Crippen LogP contribution >= 0.6 is 11.6 Å². The molecule has 5 heteroatoms. The predicted molar refractivity (Wildman–Crippen MR) is 101 cm³/mol. The molecule has 1 fully saturated rings. The number of hydrogen-bond donors (Lipinski definition) is 1. The number of carbonyl (C=O) groups excluding carboxylic acids is 2. The van der Waals surface area contributed by atoms with E-state index < -0.39 is 5.92 Å². The maximum absolute atomic E-state index is 12.7. The number of hydrogen-bond acceptors (Lipinski definition) is 2. The predicted octanol–water partition coefficient (Wildman–Crippen LogP) is 4.20. The first kappa shape index (κ1) is 17.5. The van der Waals surface area contributed by atoms with Crippen LogP contribution in [0.3, 0.4) is 0 Å². The van der Waals surface area contributed by atoms with Crippen LogP contribution in [0.4, 0.5) is 11.4 Å². The van der Waals surface area contributed by atoms with Crippen molar-refractivity contribution in [3.8, 4) is 0 Å². The molecule has 0 bridgehead atoms. The second-order valence-corrected chi connectivity index (χ2v) is 6.66. The van der Waals surface area contributed by atoms with E-state index in [1.165, 1.54) is 5.56 Å². The largest absolute Gasteiger partial charge is 0.325 e. The van der Waals surface area contributed by atoms with Crippen molar-refractivity contribution in [2.75, 3.05) is 16.8 Å². The fourth-order valence-corrected chi connectivity index (χ4v) is 3.23. The van der Waals surface area contributed by atoms with Gasteiger partial charge in [0.25, 0.3) is 0 Å². The van der Waals surface area contributed by atoms with Crippen LogP contribution in [-0.2, 0) is 16.0 Å². The molecule has 0 aromatic heterocycles. The molecule has 1 aliphatic rings. The Morgan fingerprint density at radius 3 is 2.64 bits per heavy atom. The summed E-state index contributed by atoms with van der Waals surface area (Å²) in [5.41, 5.74) is 3.52. The SMILES string of the molecule is CCc1ccc(N2CC[C@H](C(=O)Nc3cccc(Cl)c3C)C2=O)cc1. The maximum atomic E-state index is 12.7. The average molecular weight is 357 g/mol. The standard InChI is InChI=1S/C20H21ClN2O2/c1-3-14-7-9-15(10-8-14)23-12-11-16(20(23)25)19(24)22-18-6-4-5-17(21)13(18)2/h4-10,16H,3,11-12H2,1-2H3,(H,22,24)/t16-/m1/s1. The molecule has 2 amide bonds. The molecule has 4 nitrogen and oxygen atoms in total. The molecular formula is C20H21ClN2O2. The molecular weight excluding hydrogens is 336 g/mol. The van der Waals surface area contributed by atoms with E-state index in [0.29, 0.717) is 23.7 Å². The number of anilines is 2. The lowest BCUT2D eigenvalue weighted by molar-refractivity contribution is -0.129. The van der Waals surface area contributed by atoms with Crippen molar-refractivity contribution in [1.29, 1.82) is 0 Å². The molecule has 0 radical (unpaired) electrons. The smallest absolute Gasteiger partial charge is 0.239 e. The van der Waals surface area contributed by atoms with E-state index in [1.54, 1.807) is 23.1 Å². The van der Waals surface area contributed by atoms with E-state index >= 15 is 0 Å². The minimum absolute atomic E-state index is 0.151. The van der Waals surface area contributed by atoms with Crippen molar-refractivity contribution in [1.82, 2.24) is 0 Å². The van der Waals surface area contributed by atoms with Gasteiger partial charge in [0.1, 0.15) is 5.92 Å². The molecule has 2 aromatic carbocycles. The molecule has 2 aromatic rings. The maximum Gasteiger partial charge on any atom is 0.239 e. The Bertz CT molecular complexity index is 802. The van der Waals surface area contributed by atoms with Crippen LogP contribution in [0.15, 0.2) is 42.5 Å². The van der Waals surface area contributed by atoms with Gasteiger partial charge < -0.3 is 10.2 Å². The van der Waals surface area contributed by atoms with Gasteiger partial charge in [0, 0.05) is 22.9 Å². The number of halogens is 1. The highest BCUT2D eigenvalue weighted by Crippen LogP contribution is 2.28. The van der Waals surface area contributed by atoms with Crippen LogP contribution in [0, 0.1) is 12.8 Å². The van der Waals surface area contributed by atoms with E-state index in [1.807, 2.05) is 31.2 Å². The summed E-state index contributed by atoms with van der Waals surface area (Å²) in [5.74, 6) is -1.09. The third-order valence-electron chi connectivity index (χ3n) is 4.70. The monoisotopic (exact) mass is 356 g/mol. The van der Waals surface area contributed by atoms with Gasteiger partial charge in [-0.2, -0.15) is 0 Å². The zero-order chi connectivity index (χ0) is 18.0. The number of nitrogens with one attached hydrogen (secondary N) is 1. The zero-order valence-electron chi connectivity index (χ0n) is 14.4. The minimum atomic E-state index is -0.663. The van der Waals surface area contributed by atoms with Crippen molar-refractivity contribution >= 4 is 34.8 Å². The summed E-state index contributed by atoms with van der Waals surface area (Å²) in [4.78, 5) is 26.9. The third-order valence-corrected chi connectivity index (χ3v) is 5.11. The van der Waals surface area contributed by atoms with E-state index in [0.717, 1.165) is 17.7 Å². The summed E-state index contributed by atoms with van der Waals surface area (Å²) in [6.45, 7) is 4.49. The van der Waals surface area contributed by atoms with Gasteiger partial charge in [-0.1, -0.05) is 36.7 Å². The molecule has 1 aliphatic heterocycles. The number of nitrogens with zero attached hydrogens (tertiary/aromatic N) is 1. The molecule has 0 unspecified atom stereocenters. The Morgan fingerprint density at radius 2 is 1.96 bits per heavy atom. The average Bonchev–Trinajstić information content (AvgIpc) is 3.00. The fraction of sp³-hybridized carbons (Fsp3) is 0.300. The van der Waals surface area contributed by atoms with E-state index in [2.05, 4.69) is 12.2 Å². The van der Waals surface area contributed by atoms with Gasteiger partial charge in [0.2, 0.25) is 11.8 Å². The van der Waals surface area contributed by atoms with Crippen LogP contribution in [0.5, 0.6) is 0 Å². The summed E-state index contributed by atoms with van der Waals surface area (Å²) in [6, 6.07) is 13.3. The van der Waals surface area contributed by atoms with Crippen molar-refractivity contribution in [3.63, 3.8) is 0 Å². The Hall–Kier alpha value is -2.33. The van der Waals surface area contributed by atoms with Crippen molar-refractivity contribution in [2.24, 2.45) is 5.92 Å². The van der Waals surface area contributed by atoms with Crippen LogP contribution in [0.25, 0.3) is 0 Å². The molecule has 130 valence electrons. The van der Waals surface area contributed by atoms with Crippen LogP contribution in [0.1, 0.15) is 24.5 Å². The summed E-state index contributed by atoms with van der Waals surface area (Å²) in [6.07, 6.45) is 1.47. The van der Waals surface area contributed by atoms with E-state index in [-0.39, 0.29) is 11.8 Å². The van der Waals surface area contributed by atoms with Crippen molar-refractivity contribution in [3.05, 3.63) is 58.6 Å². The number of benzene rings is 2. The lowest BCUT2D eigenvalue weighted by Gasteiger charge is -2.17. The quantitative estimate of drug-likeness (QED) is 0.834. The van der Waals surface area contributed by atoms with Crippen LogP contribution in [-0.4, -0.2) is 18.4 Å². The third kappa shape index (κ3) is 3.54. The van der Waals surface area contributed by atoms with Gasteiger partial charge in [0.05, 0.1) is 0 Å². The zero-order valence-corrected chi connectivity index (χ0v) is 15.1. The van der Waals surface area contributed by atoms with Gasteiger partial charge in [-0.3, -0.25) is 9.59 Å². The Kier molecular flexibility index (Phi) is 5.09. The summed E-state index contributed by atoms with van der Waals surface area (Å²) in [5, 5.41) is 3.43. The number of rotatable bonds is 4. The molecule has 3 rings (SSSR count). The second-order valence-electron chi connectivity index (χ2n) is 6.25. The lowest BCUT2D eigenvalue weighted by atomic mass is 10.1. The molecule has 0 spiro atoms. The van der Waals surface area contributed by atoms with E-state index in [4.69, 9.17) is 11.6 Å². The summed E-state index contributed by atoms with van der Waals surface area (Å²) in [7, 11) is 0. The van der Waals surface area contributed by atoms with Crippen molar-refractivity contribution in [2.45, 2.75) is 26.7 Å². The lowest BCUT2D eigenvalue weighted by Crippen LogP contribution is -2.33. The number of aryl methyl sites for hydroxylation is 1. The molecule has 1 atom stereocenters. The highest BCUT2D eigenvalue weighted by atomic mass is 35.5. The molecule has 0 saturated carbocycles. The van der Waals surface area contributed by atoms with Gasteiger partial charge >= 0.3 is 0 Å². The Balaban J connectivity index is 1.72. The van der Waals surface area contributed by atoms with Gasteiger partial charge in [-0.25, -0.2) is 0 Å². The van der Waals surface area contributed by atoms with E-state index in [9.17, 15) is 9.59 Å². The normalized spacial score (nSPS) is 17.0. The van der Waals surface area contributed by atoms with Gasteiger partial charge in [-0.05, 0) is 55.2 Å². The molecule has 0 aliphatic carbocycles. The molecule has 25 heavy (non-hydrogen) atoms. The Labute approximate surface area is 152 Å². The first-order valence-corrected chi connectivity index (χ1v) is 8.85. The summed E-state index contributed by atoms with van der Waals surface area (Å²) >= 11 is 6.09. The first-order valence-electron chi connectivity index (χ1n) is 8.47. The van der Waals surface area contributed by atoms with Crippen molar-refractivity contribution < 1.29 is 9.59 Å². The Morgan fingerprint density at radius 1 is 1.24 bits per heavy atom. The molecule has 1 heterocycles. The number of amides is 2. The van der Waals surface area contributed by atoms with Gasteiger partial charge in [0.15, 0.2) is 0 Å². The van der Waals surface area contributed by atoms with Crippen LogP contribution < -0.4 is 10.2 Å². The molecule has 1 N–H and O–H groups in total. The summed E-state index contributed by atoms with van der Waals surface area (Å²) < 4.78 is 0. The first-order chi connectivity index (χ1) is 12.0. The minimum Gasteiger partial charge on any atom is -0.325 e. The number of carbonyl (C=O) groups is 2. The molecule has 1 saturated heterocycles. The topological polar surface area (TPSA) is 49.4 Å². The fourth-order valence-electron chi connectivity index (χ4n) is 3.05. The second kappa shape index (κ2) is 7.28. The van der Waals surface area contributed by atoms with Crippen LogP contribution in [0.2, 0.25) is 5.02 Å². The van der Waals surface area contributed by atoms with Gasteiger partial charge in [-0.15, -0.1) is 0 Å².